The molecule has 0 aromatic heterocycles. The monoisotopic (exact) mass is 463 g/mol. The molecule has 2 heterocycles. The topological polar surface area (TPSA) is 86.3 Å². The summed E-state index contributed by atoms with van der Waals surface area (Å²) in [7, 11) is 4.64. The molecule has 3 aliphatic rings. The summed E-state index contributed by atoms with van der Waals surface area (Å²) in [6, 6.07) is 11.4. The summed E-state index contributed by atoms with van der Waals surface area (Å²) < 4.78 is 22.7. The summed E-state index contributed by atoms with van der Waals surface area (Å²) in [6.45, 7) is 0. The molecule has 3 unspecified atom stereocenters. The molecule has 7 nitrogen and oxygen atoms in total. The van der Waals surface area contributed by atoms with Gasteiger partial charge in [-0.25, -0.2) is 0 Å². The molecular weight excluding hydrogens is 434 g/mol. The number of nitrogens with one attached hydrogen (secondary N) is 1. The number of amides is 1. The van der Waals surface area contributed by atoms with E-state index in [9.17, 15) is 9.90 Å². The van der Waals surface area contributed by atoms with Gasteiger partial charge in [0.15, 0.2) is 17.2 Å². The molecule has 3 atom stereocenters. The van der Waals surface area contributed by atoms with E-state index in [1.807, 2.05) is 30.3 Å². The van der Waals surface area contributed by atoms with Gasteiger partial charge in [0.25, 0.3) is 5.91 Å². The van der Waals surface area contributed by atoms with Gasteiger partial charge in [-0.2, -0.15) is 0 Å². The number of rotatable bonds is 5. The molecule has 1 saturated carbocycles. The van der Waals surface area contributed by atoms with E-state index in [0.29, 0.717) is 28.4 Å². The molecule has 2 bridgehead atoms. The van der Waals surface area contributed by atoms with E-state index < -0.39 is 5.72 Å². The number of carbonyl (C=O) groups is 1. The highest BCUT2D eigenvalue weighted by atomic mass is 16.5. The first kappa shape index (κ1) is 22.2. The predicted molar refractivity (Wildman–Crippen MR) is 127 cm³/mol. The molecule has 7 heteroatoms. The van der Waals surface area contributed by atoms with Crippen LogP contribution in [0, 0.1) is 5.92 Å². The smallest absolute Gasteiger partial charge is 0.254 e. The van der Waals surface area contributed by atoms with Crippen molar-refractivity contribution in [2.24, 2.45) is 5.92 Å². The highest BCUT2D eigenvalue weighted by molar-refractivity contribution is 5.98. The maximum absolute atomic E-state index is 13.3. The molecule has 1 aliphatic carbocycles. The molecule has 2 aromatic carbocycles. The van der Waals surface area contributed by atoms with Gasteiger partial charge < -0.3 is 29.4 Å². The molecule has 2 N–H and O–H groups in total. The number of hydrogen-bond acceptors (Lipinski definition) is 6. The van der Waals surface area contributed by atoms with E-state index in [4.69, 9.17) is 18.9 Å². The third kappa shape index (κ3) is 3.38. The second kappa shape index (κ2) is 8.63. The SMILES string of the molecule is COc1ccc(C=C/C(O)=C2/C(=O)NC34CCCCC3C2c2ccccc2O4)c(OC)c1OC. The van der Waals surface area contributed by atoms with Crippen LogP contribution < -0.4 is 24.3 Å². The second-order valence-electron chi connectivity index (χ2n) is 8.87. The standard InChI is InChI=1S/C27H29NO6/c1-31-21-14-12-16(24(32-2)25(21)33-3)11-13-19(29)23-22-17-8-4-5-10-20(17)34-27(28-26(23)30)15-7-6-9-18(22)27/h4-5,8,10-14,18,22,29H,6-7,9,15H2,1-3H3,(H,28,30)/b13-11?,23-19-. The van der Waals surface area contributed by atoms with Crippen molar-refractivity contribution in [3.63, 3.8) is 0 Å². The van der Waals surface area contributed by atoms with Crippen LogP contribution in [-0.4, -0.2) is 38.1 Å². The summed E-state index contributed by atoms with van der Waals surface area (Å²) in [4.78, 5) is 13.3. The highest BCUT2D eigenvalue weighted by Crippen LogP contribution is 2.55. The number of benzene rings is 2. The van der Waals surface area contributed by atoms with E-state index >= 15 is 0 Å². The Morgan fingerprint density at radius 2 is 1.88 bits per heavy atom. The molecule has 0 spiro atoms. The minimum Gasteiger partial charge on any atom is -0.507 e. The fourth-order valence-electron chi connectivity index (χ4n) is 5.70. The Morgan fingerprint density at radius 1 is 1.09 bits per heavy atom. The van der Waals surface area contributed by atoms with Gasteiger partial charge in [0.05, 0.1) is 26.9 Å². The van der Waals surface area contributed by atoms with Crippen molar-refractivity contribution in [3.8, 4) is 23.0 Å². The van der Waals surface area contributed by atoms with E-state index in [-0.39, 0.29) is 23.5 Å². The average molecular weight is 464 g/mol. The average Bonchev–Trinajstić information content (AvgIpc) is 2.85. The first-order chi connectivity index (χ1) is 16.5. The number of para-hydroxylation sites is 1. The van der Waals surface area contributed by atoms with Crippen LogP contribution in [0.4, 0.5) is 0 Å². The molecular formula is C27H29NO6. The maximum Gasteiger partial charge on any atom is 0.254 e. The van der Waals surface area contributed by atoms with Gasteiger partial charge in [-0.1, -0.05) is 24.6 Å². The lowest BCUT2D eigenvalue weighted by Crippen LogP contribution is -2.66. The lowest BCUT2D eigenvalue weighted by Gasteiger charge is -2.54. The highest BCUT2D eigenvalue weighted by Gasteiger charge is 2.57. The van der Waals surface area contributed by atoms with Crippen LogP contribution in [0.1, 0.15) is 42.7 Å². The Hall–Kier alpha value is -3.61. The number of aliphatic hydroxyl groups excluding tert-OH is 1. The van der Waals surface area contributed by atoms with Gasteiger partial charge in [-0.3, -0.25) is 4.79 Å². The molecule has 178 valence electrons. The molecule has 1 saturated heterocycles. The fourth-order valence-corrected chi connectivity index (χ4v) is 5.70. The van der Waals surface area contributed by atoms with Crippen molar-refractivity contribution in [1.82, 2.24) is 5.32 Å². The van der Waals surface area contributed by atoms with Crippen molar-refractivity contribution in [2.75, 3.05) is 21.3 Å². The first-order valence-electron chi connectivity index (χ1n) is 11.5. The largest absolute Gasteiger partial charge is 0.507 e. The summed E-state index contributed by atoms with van der Waals surface area (Å²) in [5.74, 6) is 1.70. The fraction of sp³-hybridized carbons (Fsp3) is 0.370. The van der Waals surface area contributed by atoms with Crippen molar-refractivity contribution in [1.29, 1.82) is 0 Å². The van der Waals surface area contributed by atoms with Gasteiger partial charge in [-0.05, 0) is 43.2 Å². The van der Waals surface area contributed by atoms with Crippen LogP contribution in [-0.2, 0) is 4.79 Å². The number of aliphatic hydroxyl groups is 1. The number of ether oxygens (including phenoxy) is 4. The van der Waals surface area contributed by atoms with Gasteiger partial charge in [-0.15, -0.1) is 0 Å². The minimum absolute atomic E-state index is 0.0648. The number of carbonyl (C=O) groups excluding carboxylic acids is 1. The Balaban J connectivity index is 1.59. The Morgan fingerprint density at radius 3 is 2.65 bits per heavy atom. The van der Waals surface area contributed by atoms with Gasteiger partial charge >= 0.3 is 0 Å². The summed E-state index contributed by atoms with van der Waals surface area (Å²) in [5, 5.41) is 14.3. The Bertz CT molecular complexity index is 1190. The van der Waals surface area contributed by atoms with Crippen LogP contribution in [0.2, 0.25) is 0 Å². The number of hydrogen-bond donors (Lipinski definition) is 2. The summed E-state index contributed by atoms with van der Waals surface area (Å²) in [6.07, 6.45) is 7.01. The van der Waals surface area contributed by atoms with Crippen LogP contribution in [0.3, 0.4) is 0 Å². The van der Waals surface area contributed by atoms with Gasteiger partial charge in [0.1, 0.15) is 11.5 Å². The van der Waals surface area contributed by atoms with E-state index in [1.54, 1.807) is 39.5 Å². The Labute approximate surface area is 199 Å². The van der Waals surface area contributed by atoms with Crippen molar-refractivity contribution < 1.29 is 28.8 Å². The third-order valence-electron chi connectivity index (χ3n) is 7.17. The zero-order chi connectivity index (χ0) is 23.9. The number of piperidine rings is 1. The summed E-state index contributed by atoms with van der Waals surface area (Å²) >= 11 is 0. The van der Waals surface area contributed by atoms with Crippen molar-refractivity contribution >= 4 is 12.0 Å². The van der Waals surface area contributed by atoms with Crippen molar-refractivity contribution in [3.05, 3.63) is 64.9 Å². The van der Waals surface area contributed by atoms with E-state index in [1.165, 1.54) is 0 Å². The quantitative estimate of drug-likeness (QED) is 0.493. The molecule has 34 heavy (non-hydrogen) atoms. The normalized spacial score (nSPS) is 26.6. The second-order valence-corrected chi connectivity index (χ2v) is 8.87. The zero-order valence-electron chi connectivity index (χ0n) is 19.6. The van der Waals surface area contributed by atoms with Crippen LogP contribution in [0.5, 0.6) is 23.0 Å². The summed E-state index contributed by atoms with van der Waals surface area (Å²) in [5.41, 5.74) is 1.28. The molecule has 5 rings (SSSR count). The lowest BCUT2D eigenvalue weighted by atomic mass is 9.64. The number of fused-ring (bicyclic) bond motifs is 2. The van der Waals surface area contributed by atoms with E-state index in [2.05, 4.69) is 5.32 Å². The third-order valence-corrected chi connectivity index (χ3v) is 7.17. The molecule has 1 amide bonds. The first-order valence-corrected chi connectivity index (χ1v) is 11.5. The van der Waals surface area contributed by atoms with Crippen LogP contribution in [0.15, 0.2) is 53.8 Å². The molecule has 2 fully saturated rings. The molecule has 2 aromatic rings. The van der Waals surface area contributed by atoms with Crippen molar-refractivity contribution in [2.45, 2.75) is 37.3 Å². The predicted octanol–water partition coefficient (Wildman–Crippen LogP) is 4.73. The minimum atomic E-state index is -0.714. The van der Waals surface area contributed by atoms with E-state index in [0.717, 1.165) is 37.0 Å². The Kier molecular flexibility index (Phi) is 5.63. The van der Waals surface area contributed by atoms with Crippen LogP contribution >= 0.6 is 0 Å². The van der Waals surface area contributed by atoms with Gasteiger partial charge in [0.2, 0.25) is 5.75 Å². The van der Waals surface area contributed by atoms with Gasteiger partial charge in [0, 0.05) is 29.4 Å². The lowest BCUT2D eigenvalue weighted by molar-refractivity contribution is -0.140. The zero-order valence-corrected chi connectivity index (χ0v) is 19.6. The number of methoxy groups -OCH3 is 3. The maximum atomic E-state index is 13.3. The van der Waals surface area contributed by atoms with Crippen LogP contribution in [0.25, 0.3) is 6.08 Å². The number of allylic oxidation sites excluding steroid dienone is 1. The molecule has 0 radical (unpaired) electrons. The molecule has 2 aliphatic heterocycles.